The lowest BCUT2D eigenvalue weighted by Gasteiger charge is -2.46. The molecule has 1 spiro atoms. The molecule has 0 radical (unpaired) electrons. The predicted molar refractivity (Wildman–Crippen MR) is 261 cm³/mol. The number of cyclic esters (lactones) is 1. The van der Waals surface area contributed by atoms with Crippen LogP contribution in [0.25, 0.3) is 10.2 Å². The van der Waals surface area contributed by atoms with E-state index in [0.717, 1.165) is 20.7 Å². The van der Waals surface area contributed by atoms with E-state index in [1.54, 1.807) is 30.3 Å². The van der Waals surface area contributed by atoms with E-state index in [0.29, 0.717) is 35.3 Å². The van der Waals surface area contributed by atoms with Crippen LogP contribution in [0.5, 0.6) is 5.75 Å². The molecule has 2 N–H and O–H groups in total. The molecule has 6 aromatic carbocycles. The van der Waals surface area contributed by atoms with E-state index in [1.807, 2.05) is 115 Å². The van der Waals surface area contributed by atoms with Gasteiger partial charge < -0.3 is 24.6 Å². The first-order valence-electron chi connectivity index (χ1n) is 22.6. The molecule has 2 saturated heterocycles. The number of amides is 3. The lowest BCUT2D eigenvalue weighted by Crippen LogP contribution is -2.54. The number of carbonyl (C=O) groups excluding carboxylic acids is 4. The zero-order valence-corrected chi connectivity index (χ0v) is 38.5. The number of benzene rings is 6. The van der Waals surface area contributed by atoms with Crippen LogP contribution in [0.4, 0.5) is 15.6 Å². The maximum atomic E-state index is 16.4. The van der Waals surface area contributed by atoms with Gasteiger partial charge in [0.1, 0.15) is 29.9 Å². The molecule has 4 heterocycles. The van der Waals surface area contributed by atoms with Gasteiger partial charge in [0.2, 0.25) is 11.8 Å². The van der Waals surface area contributed by atoms with Gasteiger partial charge in [-0.05, 0) is 77.3 Å². The van der Waals surface area contributed by atoms with Crippen molar-refractivity contribution >= 4 is 56.2 Å². The first-order valence-corrected chi connectivity index (χ1v) is 23.4. The number of methoxy groups -OCH3 is 1. The second-order valence-electron chi connectivity index (χ2n) is 17.3. The lowest BCUT2D eigenvalue weighted by atomic mass is 9.65. The van der Waals surface area contributed by atoms with E-state index in [1.165, 1.54) is 30.6 Å². The number of nitrogens with zero attached hydrogens (tertiary/aromatic N) is 4. The van der Waals surface area contributed by atoms with E-state index in [4.69, 9.17) is 19.2 Å². The van der Waals surface area contributed by atoms with E-state index < -0.39 is 59.4 Å². The Morgan fingerprint density at radius 3 is 2.22 bits per heavy atom. The third kappa shape index (κ3) is 8.29. The number of carbonyl (C=O) groups is 4. The number of aromatic hydroxyl groups is 1. The minimum Gasteiger partial charge on any atom is -0.508 e. The normalized spacial score (nSPS) is 21.7. The number of hydrogen-bond donors (Lipinski definition) is 2. The van der Waals surface area contributed by atoms with Crippen LogP contribution in [0.3, 0.4) is 0 Å². The Labute approximate surface area is 402 Å². The van der Waals surface area contributed by atoms with Gasteiger partial charge in [-0.1, -0.05) is 138 Å². The molecule has 14 heteroatoms. The Bertz CT molecular complexity index is 3070. The first-order chi connectivity index (χ1) is 33.7. The summed E-state index contributed by atoms with van der Waals surface area (Å²) >= 11 is 1.25. The Morgan fingerprint density at radius 2 is 1.51 bits per heavy atom. The molecule has 10 rings (SSSR count). The number of para-hydroxylation sites is 1. The number of fused-ring (bicyclic) bond motifs is 4. The summed E-state index contributed by atoms with van der Waals surface area (Å²) in [7, 11) is 3.44. The topological polar surface area (TPSA) is 151 Å². The molecule has 3 aliphatic heterocycles. The lowest BCUT2D eigenvalue weighted by molar-refractivity contribution is -0.177. The highest BCUT2D eigenvalue weighted by molar-refractivity contribution is 7.22. The van der Waals surface area contributed by atoms with Gasteiger partial charge in [-0.3, -0.25) is 24.2 Å². The summed E-state index contributed by atoms with van der Waals surface area (Å²) in [5, 5.41) is 14.0. The van der Waals surface area contributed by atoms with Crippen molar-refractivity contribution in [1.29, 1.82) is 0 Å². The van der Waals surface area contributed by atoms with Crippen LogP contribution >= 0.6 is 11.3 Å². The van der Waals surface area contributed by atoms with Crippen molar-refractivity contribution in [2.24, 2.45) is 5.92 Å². The predicted octanol–water partition coefficient (Wildman–Crippen LogP) is 8.57. The number of esters is 1. The van der Waals surface area contributed by atoms with Gasteiger partial charge >= 0.3 is 12.1 Å². The fraction of sp³-hybridized carbons (Fsp3) is 0.218. The van der Waals surface area contributed by atoms with Crippen LogP contribution in [0.1, 0.15) is 51.6 Å². The number of anilines is 2. The molecule has 0 bridgehead atoms. The molecule has 2 fully saturated rings. The van der Waals surface area contributed by atoms with E-state index in [2.05, 4.69) is 34.2 Å². The number of nitrogens with one attached hydrogen (secondary N) is 1. The molecule has 0 unspecified atom stereocenters. The maximum Gasteiger partial charge on any atom is 0.421 e. The number of imide groups is 1. The fourth-order valence-electron chi connectivity index (χ4n) is 10.2. The molecule has 0 saturated carbocycles. The summed E-state index contributed by atoms with van der Waals surface area (Å²) in [5.41, 5.74) is 2.61. The Balaban J connectivity index is 1.22. The van der Waals surface area contributed by atoms with Crippen LogP contribution in [0, 0.1) is 17.8 Å². The number of hydrogen-bond acceptors (Lipinski definition) is 12. The molecular formula is C55H47N5O8S. The quantitative estimate of drug-likeness (QED) is 0.0730. The molecule has 13 nitrogen and oxygen atoms in total. The minimum atomic E-state index is -2.06. The minimum absolute atomic E-state index is 0.0383. The average Bonchev–Trinajstić information content (AvgIpc) is 4.00. The first kappa shape index (κ1) is 45.1. The highest BCUT2D eigenvalue weighted by Gasteiger charge is 2.76. The second-order valence-corrected chi connectivity index (χ2v) is 18.3. The highest BCUT2D eigenvalue weighted by atomic mass is 32.1. The van der Waals surface area contributed by atoms with Crippen LogP contribution in [0.15, 0.2) is 158 Å². The number of rotatable bonds is 11. The van der Waals surface area contributed by atoms with Gasteiger partial charge in [0.05, 0.1) is 47.1 Å². The number of aromatic nitrogens is 1. The van der Waals surface area contributed by atoms with Gasteiger partial charge in [-0.2, -0.15) is 0 Å². The van der Waals surface area contributed by atoms with Crippen LogP contribution in [0.2, 0.25) is 0 Å². The van der Waals surface area contributed by atoms with Crippen molar-refractivity contribution < 1.29 is 38.5 Å². The maximum absolute atomic E-state index is 16.4. The summed E-state index contributed by atoms with van der Waals surface area (Å²) in [6, 6.07) is 44.5. The third-order valence-electron chi connectivity index (χ3n) is 13.0. The van der Waals surface area contributed by atoms with Gasteiger partial charge in [-0.15, -0.1) is 0 Å². The van der Waals surface area contributed by atoms with Crippen LogP contribution in [-0.2, 0) is 40.6 Å². The summed E-state index contributed by atoms with van der Waals surface area (Å²) in [6.07, 6.45) is -1.91. The Kier molecular flexibility index (Phi) is 12.5. The zero-order valence-electron chi connectivity index (χ0n) is 37.7. The second kappa shape index (κ2) is 19.1. The Morgan fingerprint density at radius 1 is 0.826 bits per heavy atom. The van der Waals surface area contributed by atoms with Crippen molar-refractivity contribution in [1.82, 2.24) is 14.8 Å². The summed E-state index contributed by atoms with van der Waals surface area (Å²) in [6.45, 7) is 0.958. The molecule has 3 amide bonds. The molecule has 7 aromatic rings. The van der Waals surface area contributed by atoms with Gasteiger partial charge in [-0.25, -0.2) is 14.7 Å². The monoisotopic (exact) mass is 937 g/mol. The largest absolute Gasteiger partial charge is 0.508 e. The van der Waals surface area contributed by atoms with Gasteiger partial charge in [0.15, 0.2) is 5.13 Å². The van der Waals surface area contributed by atoms with E-state index >= 15 is 14.4 Å². The average molecular weight is 938 g/mol. The summed E-state index contributed by atoms with van der Waals surface area (Å²) in [5.74, 6) is 2.74. The zero-order chi connectivity index (χ0) is 47.6. The van der Waals surface area contributed by atoms with Gasteiger partial charge in [0, 0.05) is 19.2 Å². The smallest absolute Gasteiger partial charge is 0.421 e. The van der Waals surface area contributed by atoms with Crippen LogP contribution < -0.4 is 10.2 Å². The number of ether oxygens (including phenoxy) is 3. The van der Waals surface area contributed by atoms with Crippen LogP contribution in [-0.4, -0.2) is 83.7 Å². The number of phenolic OH excluding ortho intramolecular Hbond substituents is 1. The van der Waals surface area contributed by atoms with Crippen molar-refractivity contribution in [3.63, 3.8) is 0 Å². The number of thiazole rings is 1. The molecule has 3 aliphatic rings. The van der Waals surface area contributed by atoms with Crippen molar-refractivity contribution in [3.05, 3.63) is 191 Å². The standard InChI is InChI=1S/C55H47N5O8S/c1-58(34-36-15-6-3-7-16-36)30-14-17-35-24-29-43-41(33-35)55(52(64)59(43)54(65)67-32-31-66-2)45(50(62)57-53-56-42-22-12-13-23-44(42)69-53)47-51(63)68-48(38-20-10-5-11-21-38)46(37-18-8-4-9-19-37)60(47)49(55)39-25-27-40(61)28-26-39/h3-13,15-16,18-29,33,45-49,61H,30-32,34H2,1-2H3,(H,56,57,62)/t45-,46-,47-,48+,49+,55-/m0/s1. The Hall–Kier alpha value is -7.67. The van der Waals surface area contributed by atoms with Gasteiger partial charge in [0.25, 0.3) is 0 Å². The molecule has 69 heavy (non-hydrogen) atoms. The SMILES string of the molecule is COCCOC(=O)N1C(=O)[C@@]2(c3cc(C#CCN(C)Cc4ccccc4)ccc31)[C@H](C(=O)Nc1nc3ccccc3s1)[C@H]1C(=O)O[C@H](c3ccccc3)[C@H](c3ccccc3)N1[C@@H]2c1ccc(O)cc1. The van der Waals surface area contributed by atoms with Crippen molar-refractivity contribution in [2.45, 2.75) is 36.2 Å². The van der Waals surface area contributed by atoms with Crippen molar-refractivity contribution in [3.8, 4) is 17.6 Å². The molecule has 1 aromatic heterocycles. The fourth-order valence-corrected chi connectivity index (χ4v) is 11.1. The third-order valence-corrected chi connectivity index (χ3v) is 14.0. The molecule has 0 aliphatic carbocycles. The molecule has 346 valence electrons. The molecule has 6 atom stereocenters. The highest BCUT2D eigenvalue weighted by Crippen LogP contribution is 2.66. The van der Waals surface area contributed by atoms with E-state index in [9.17, 15) is 9.90 Å². The number of morpholine rings is 1. The summed E-state index contributed by atoms with van der Waals surface area (Å²) in [4.78, 5) is 71.8. The van der Waals surface area contributed by atoms with E-state index in [-0.39, 0.29) is 35.3 Å². The summed E-state index contributed by atoms with van der Waals surface area (Å²) < 4.78 is 18.3. The van der Waals surface area contributed by atoms with Crippen molar-refractivity contribution in [2.75, 3.05) is 44.1 Å². The molecular weight excluding hydrogens is 891 g/mol. The number of phenols is 1.